The van der Waals surface area contributed by atoms with Crippen molar-refractivity contribution >= 4 is 11.8 Å². The van der Waals surface area contributed by atoms with E-state index in [2.05, 4.69) is 10.1 Å². The second kappa shape index (κ2) is 9.05. The van der Waals surface area contributed by atoms with Gasteiger partial charge in [0.1, 0.15) is 0 Å². The van der Waals surface area contributed by atoms with E-state index in [4.69, 9.17) is 4.74 Å². The Morgan fingerprint density at radius 1 is 1.25 bits per heavy atom. The lowest BCUT2D eigenvalue weighted by Crippen LogP contribution is -2.42. The van der Waals surface area contributed by atoms with Gasteiger partial charge in [0.25, 0.3) is 5.91 Å². The lowest BCUT2D eigenvalue weighted by Gasteiger charge is -2.21. The minimum atomic E-state index is -2.99. The third-order valence-corrected chi connectivity index (χ3v) is 3.08. The smallest absolute Gasteiger partial charge is 0.387 e. The maximum atomic E-state index is 12.5. The van der Waals surface area contributed by atoms with Crippen LogP contribution in [0, 0.1) is 0 Å². The fraction of sp³-hybridized carbons (Fsp3) is 0.500. The summed E-state index contributed by atoms with van der Waals surface area (Å²) in [5.74, 6) is -0.823. The average molecular weight is 344 g/mol. The van der Waals surface area contributed by atoms with Gasteiger partial charge in [-0.05, 0) is 39.0 Å². The van der Waals surface area contributed by atoms with Gasteiger partial charge in [0.05, 0.1) is 13.7 Å². The van der Waals surface area contributed by atoms with Crippen LogP contribution in [0.15, 0.2) is 18.2 Å². The molecule has 0 unspecified atom stereocenters. The molecule has 1 N–H and O–H groups in total. The van der Waals surface area contributed by atoms with Gasteiger partial charge in [-0.3, -0.25) is 9.59 Å². The third kappa shape index (κ3) is 5.68. The molecule has 0 fully saturated rings. The molecular weight excluding hydrogens is 322 g/mol. The fourth-order valence-electron chi connectivity index (χ4n) is 2.04. The summed E-state index contributed by atoms with van der Waals surface area (Å²) in [6.07, 6.45) is 0. The van der Waals surface area contributed by atoms with E-state index >= 15 is 0 Å². The number of benzene rings is 1. The Balaban J connectivity index is 2.93. The predicted molar refractivity (Wildman–Crippen MR) is 84.5 cm³/mol. The van der Waals surface area contributed by atoms with Gasteiger partial charge in [-0.2, -0.15) is 8.78 Å². The van der Waals surface area contributed by atoms with Gasteiger partial charge >= 0.3 is 6.61 Å². The number of methoxy groups -OCH3 is 1. The Labute approximate surface area is 139 Å². The van der Waals surface area contributed by atoms with Crippen molar-refractivity contribution < 1.29 is 27.8 Å². The molecule has 1 aromatic carbocycles. The van der Waals surface area contributed by atoms with Crippen LogP contribution in [0.3, 0.4) is 0 Å². The molecule has 8 heteroatoms. The number of alkyl halides is 2. The molecule has 0 bridgehead atoms. The van der Waals surface area contributed by atoms with Crippen LogP contribution in [0.4, 0.5) is 8.78 Å². The Hall–Kier alpha value is -2.38. The molecule has 0 aliphatic rings. The normalized spacial score (nSPS) is 10.7. The van der Waals surface area contributed by atoms with E-state index in [9.17, 15) is 18.4 Å². The summed E-state index contributed by atoms with van der Waals surface area (Å²) in [6.45, 7) is 2.62. The van der Waals surface area contributed by atoms with Crippen LogP contribution in [0.5, 0.6) is 11.5 Å². The quantitative estimate of drug-likeness (QED) is 0.786. The first-order valence-corrected chi connectivity index (χ1v) is 7.50. The van der Waals surface area contributed by atoms with E-state index in [0.717, 1.165) is 0 Å². The molecule has 0 aromatic heterocycles. The highest BCUT2D eigenvalue weighted by Crippen LogP contribution is 2.29. The maximum Gasteiger partial charge on any atom is 0.387 e. The molecule has 134 valence electrons. The number of amides is 2. The molecule has 0 aliphatic heterocycles. The molecule has 0 radical (unpaired) electrons. The van der Waals surface area contributed by atoms with Crippen LogP contribution in [0.1, 0.15) is 31.1 Å². The summed E-state index contributed by atoms with van der Waals surface area (Å²) in [5.41, 5.74) is 0.215. The fourth-order valence-corrected chi connectivity index (χ4v) is 2.04. The molecule has 0 heterocycles. The number of hydrogen-bond donors (Lipinski definition) is 1. The summed E-state index contributed by atoms with van der Waals surface area (Å²) >= 11 is 0. The molecular formula is C16H22F2N2O4. The van der Waals surface area contributed by atoms with Crippen molar-refractivity contribution in [3.8, 4) is 11.5 Å². The summed E-state index contributed by atoms with van der Waals surface area (Å²) in [6, 6.07) is 3.87. The minimum Gasteiger partial charge on any atom is -0.493 e. The second-order valence-corrected chi connectivity index (χ2v) is 5.29. The predicted octanol–water partition coefficient (Wildman–Crippen LogP) is 2.28. The zero-order valence-electron chi connectivity index (χ0n) is 14.1. The van der Waals surface area contributed by atoms with Crippen molar-refractivity contribution in [1.29, 1.82) is 0 Å². The molecule has 0 aliphatic carbocycles. The molecule has 1 rings (SSSR count). The molecule has 1 aromatic rings. The lowest BCUT2D eigenvalue weighted by atomic mass is 10.1. The van der Waals surface area contributed by atoms with Crippen LogP contribution in [-0.2, 0) is 4.79 Å². The van der Waals surface area contributed by atoms with Crippen molar-refractivity contribution in [2.24, 2.45) is 0 Å². The van der Waals surface area contributed by atoms with Crippen LogP contribution >= 0.6 is 0 Å². The van der Waals surface area contributed by atoms with Gasteiger partial charge in [-0.25, -0.2) is 0 Å². The van der Waals surface area contributed by atoms with Crippen LogP contribution in [0.2, 0.25) is 0 Å². The topological polar surface area (TPSA) is 67.9 Å². The largest absolute Gasteiger partial charge is 0.493 e. The number of hydrogen-bond acceptors (Lipinski definition) is 4. The highest BCUT2D eigenvalue weighted by molar-refractivity contribution is 5.97. The van der Waals surface area contributed by atoms with Gasteiger partial charge in [0, 0.05) is 18.2 Å². The number of carbonyl (C=O) groups excluding carboxylic acids is 2. The van der Waals surface area contributed by atoms with Crippen LogP contribution in [-0.4, -0.2) is 49.6 Å². The number of halogens is 2. The number of rotatable bonds is 8. The van der Waals surface area contributed by atoms with Gasteiger partial charge < -0.3 is 19.7 Å². The summed E-state index contributed by atoms with van der Waals surface area (Å²) in [4.78, 5) is 25.7. The van der Waals surface area contributed by atoms with Crippen molar-refractivity contribution in [2.75, 3.05) is 20.2 Å². The van der Waals surface area contributed by atoms with Crippen molar-refractivity contribution in [3.05, 3.63) is 23.8 Å². The standard InChI is InChI=1S/C16H22F2N2O4/c1-5-20(9-14(21)19-10(2)3)15(22)11-6-7-12(24-16(17)18)13(8-11)23-4/h6-8,10,16H,5,9H2,1-4H3,(H,19,21). The van der Waals surface area contributed by atoms with Gasteiger partial charge in [-0.1, -0.05) is 0 Å². The van der Waals surface area contributed by atoms with Gasteiger partial charge in [-0.15, -0.1) is 0 Å². The van der Waals surface area contributed by atoms with E-state index in [1.165, 1.54) is 30.2 Å². The maximum absolute atomic E-state index is 12.5. The minimum absolute atomic E-state index is 0.0174. The monoisotopic (exact) mass is 344 g/mol. The zero-order chi connectivity index (χ0) is 18.3. The highest BCUT2D eigenvalue weighted by atomic mass is 19.3. The van der Waals surface area contributed by atoms with Gasteiger partial charge in [0.15, 0.2) is 11.5 Å². The highest BCUT2D eigenvalue weighted by Gasteiger charge is 2.20. The van der Waals surface area contributed by atoms with Crippen molar-refractivity contribution in [1.82, 2.24) is 10.2 Å². The Bertz CT molecular complexity index is 579. The number of carbonyl (C=O) groups is 2. The second-order valence-electron chi connectivity index (χ2n) is 5.29. The van der Waals surface area contributed by atoms with Crippen LogP contribution in [0.25, 0.3) is 0 Å². The SMILES string of the molecule is CCN(CC(=O)NC(C)C)C(=O)c1ccc(OC(F)F)c(OC)c1. The molecule has 0 atom stereocenters. The summed E-state index contributed by atoms with van der Waals surface area (Å²) in [7, 11) is 1.29. The number of likely N-dealkylation sites (N-methyl/N-ethyl adjacent to an activating group) is 1. The number of ether oxygens (including phenoxy) is 2. The van der Waals surface area contributed by atoms with E-state index in [1.807, 2.05) is 13.8 Å². The van der Waals surface area contributed by atoms with Crippen molar-refractivity contribution in [3.63, 3.8) is 0 Å². The molecule has 24 heavy (non-hydrogen) atoms. The Morgan fingerprint density at radius 3 is 2.42 bits per heavy atom. The molecule has 0 spiro atoms. The molecule has 0 saturated heterocycles. The van der Waals surface area contributed by atoms with E-state index < -0.39 is 12.5 Å². The van der Waals surface area contributed by atoms with Crippen molar-refractivity contribution in [2.45, 2.75) is 33.4 Å². The molecule has 2 amide bonds. The lowest BCUT2D eigenvalue weighted by molar-refractivity contribution is -0.122. The Kier molecular flexibility index (Phi) is 7.41. The van der Waals surface area contributed by atoms with E-state index in [-0.39, 0.29) is 35.6 Å². The zero-order valence-corrected chi connectivity index (χ0v) is 14.1. The van der Waals surface area contributed by atoms with E-state index in [0.29, 0.717) is 6.54 Å². The van der Waals surface area contributed by atoms with E-state index in [1.54, 1.807) is 6.92 Å². The number of nitrogens with zero attached hydrogens (tertiary/aromatic N) is 1. The molecule has 6 nitrogen and oxygen atoms in total. The first-order valence-electron chi connectivity index (χ1n) is 7.50. The summed E-state index contributed by atoms with van der Waals surface area (Å²) < 4.78 is 34.0. The average Bonchev–Trinajstić information content (AvgIpc) is 2.51. The molecule has 0 saturated carbocycles. The first kappa shape index (κ1) is 19.7. The third-order valence-electron chi connectivity index (χ3n) is 3.08. The Morgan fingerprint density at radius 2 is 1.92 bits per heavy atom. The van der Waals surface area contributed by atoms with Gasteiger partial charge in [0.2, 0.25) is 5.91 Å². The first-order chi connectivity index (χ1) is 11.3. The van der Waals surface area contributed by atoms with Crippen LogP contribution < -0.4 is 14.8 Å². The summed E-state index contributed by atoms with van der Waals surface area (Å²) in [5, 5.41) is 2.71. The number of nitrogens with one attached hydrogen (secondary N) is 1.